The van der Waals surface area contributed by atoms with E-state index in [2.05, 4.69) is 31.3 Å². The summed E-state index contributed by atoms with van der Waals surface area (Å²) < 4.78 is 1.88. The molecule has 6 heteroatoms. The maximum Gasteiger partial charge on any atom is 0.254 e. The van der Waals surface area contributed by atoms with Crippen molar-refractivity contribution in [1.82, 2.24) is 24.9 Å². The smallest absolute Gasteiger partial charge is 0.254 e. The van der Waals surface area contributed by atoms with Gasteiger partial charge in [-0.3, -0.25) is 0 Å². The Hall–Kier alpha value is -1.69. The summed E-state index contributed by atoms with van der Waals surface area (Å²) >= 11 is 0. The van der Waals surface area contributed by atoms with Crippen LogP contribution in [0.2, 0.25) is 0 Å². The number of fused-ring (bicyclic) bond motifs is 1. The topological polar surface area (TPSA) is 58.4 Å². The van der Waals surface area contributed by atoms with Gasteiger partial charge in [0.2, 0.25) is 0 Å². The summed E-state index contributed by atoms with van der Waals surface area (Å²) in [6.07, 6.45) is 6.87. The van der Waals surface area contributed by atoms with Gasteiger partial charge in [0.15, 0.2) is 0 Å². The Morgan fingerprint density at radius 1 is 1.33 bits per heavy atom. The summed E-state index contributed by atoms with van der Waals surface area (Å²) in [6, 6.07) is 2.73. The average Bonchev–Trinajstić information content (AvgIpc) is 2.95. The summed E-state index contributed by atoms with van der Waals surface area (Å²) in [5, 5.41) is 7.97. The molecule has 1 aliphatic carbocycles. The third kappa shape index (κ3) is 2.72. The Kier molecular flexibility index (Phi) is 3.25. The first-order chi connectivity index (χ1) is 10.3. The summed E-state index contributed by atoms with van der Waals surface area (Å²) in [5.41, 5.74) is 1.01. The lowest BCUT2D eigenvalue weighted by Crippen LogP contribution is -2.39. The molecule has 1 aliphatic heterocycles. The Labute approximate surface area is 124 Å². The van der Waals surface area contributed by atoms with Gasteiger partial charge in [-0.15, -0.1) is 0 Å². The SMILES string of the molecule is Cc1cc(N(CC2CC2)CC2CCCN2)n2ncnc2n1. The third-order valence-electron chi connectivity index (χ3n) is 4.46. The van der Waals surface area contributed by atoms with Gasteiger partial charge in [-0.2, -0.15) is 14.6 Å². The summed E-state index contributed by atoms with van der Waals surface area (Å²) in [4.78, 5) is 11.2. The quantitative estimate of drug-likeness (QED) is 0.900. The van der Waals surface area contributed by atoms with Crippen LogP contribution in [0.15, 0.2) is 12.4 Å². The highest BCUT2D eigenvalue weighted by molar-refractivity contribution is 5.47. The van der Waals surface area contributed by atoms with Gasteiger partial charge in [0.05, 0.1) is 0 Å². The van der Waals surface area contributed by atoms with E-state index in [-0.39, 0.29) is 0 Å². The van der Waals surface area contributed by atoms with Crippen LogP contribution in [0.25, 0.3) is 5.78 Å². The number of nitrogens with one attached hydrogen (secondary N) is 1. The molecule has 0 aromatic carbocycles. The maximum atomic E-state index is 4.45. The molecule has 2 fully saturated rings. The Morgan fingerprint density at radius 3 is 3.00 bits per heavy atom. The Bertz CT molecular complexity index is 626. The van der Waals surface area contributed by atoms with E-state index in [0.717, 1.165) is 37.1 Å². The minimum atomic E-state index is 0.593. The van der Waals surface area contributed by atoms with Crippen LogP contribution in [0.4, 0.5) is 5.82 Å². The first-order valence-electron chi connectivity index (χ1n) is 7.95. The molecule has 2 aromatic heterocycles. The van der Waals surface area contributed by atoms with Gasteiger partial charge < -0.3 is 10.2 Å². The van der Waals surface area contributed by atoms with Crippen LogP contribution in [0.5, 0.6) is 0 Å². The van der Waals surface area contributed by atoms with E-state index in [0.29, 0.717) is 11.8 Å². The zero-order valence-electron chi connectivity index (χ0n) is 12.5. The fraction of sp³-hybridized carbons (Fsp3) is 0.667. The molecule has 112 valence electrons. The zero-order chi connectivity index (χ0) is 14.2. The average molecular weight is 286 g/mol. The van der Waals surface area contributed by atoms with Gasteiger partial charge in [0, 0.05) is 30.9 Å². The number of hydrogen-bond acceptors (Lipinski definition) is 5. The highest BCUT2D eigenvalue weighted by Crippen LogP contribution is 2.32. The van der Waals surface area contributed by atoms with Crippen molar-refractivity contribution in [1.29, 1.82) is 0 Å². The second-order valence-electron chi connectivity index (χ2n) is 6.37. The summed E-state index contributed by atoms with van der Waals surface area (Å²) in [5.74, 6) is 2.68. The fourth-order valence-electron chi connectivity index (χ4n) is 3.19. The summed E-state index contributed by atoms with van der Waals surface area (Å²) in [7, 11) is 0. The molecule has 4 rings (SSSR count). The fourth-order valence-corrected chi connectivity index (χ4v) is 3.19. The summed E-state index contributed by atoms with van der Waals surface area (Å²) in [6.45, 7) is 5.35. The molecule has 2 aliphatic rings. The Morgan fingerprint density at radius 2 is 2.24 bits per heavy atom. The van der Waals surface area contributed by atoms with Crippen LogP contribution >= 0.6 is 0 Å². The van der Waals surface area contributed by atoms with E-state index in [1.165, 1.54) is 25.7 Å². The van der Waals surface area contributed by atoms with Gasteiger partial charge >= 0.3 is 0 Å². The van der Waals surface area contributed by atoms with E-state index in [9.17, 15) is 0 Å². The van der Waals surface area contributed by atoms with E-state index < -0.39 is 0 Å². The van der Waals surface area contributed by atoms with Crippen molar-refractivity contribution in [3.8, 4) is 0 Å². The lowest BCUT2D eigenvalue weighted by molar-refractivity contribution is 0.563. The molecule has 0 bridgehead atoms. The molecule has 1 saturated carbocycles. The number of anilines is 1. The molecule has 0 amide bonds. The molecular weight excluding hydrogens is 264 g/mol. The second-order valence-corrected chi connectivity index (χ2v) is 6.37. The van der Waals surface area contributed by atoms with Gasteiger partial charge in [-0.25, -0.2) is 4.98 Å². The lowest BCUT2D eigenvalue weighted by atomic mass is 10.2. The van der Waals surface area contributed by atoms with Crippen LogP contribution in [0.1, 0.15) is 31.4 Å². The van der Waals surface area contributed by atoms with Crippen LogP contribution in [0, 0.1) is 12.8 Å². The van der Waals surface area contributed by atoms with Crippen molar-refractivity contribution in [2.75, 3.05) is 24.5 Å². The normalized spacial score (nSPS) is 22.0. The highest BCUT2D eigenvalue weighted by atomic mass is 15.4. The first-order valence-corrected chi connectivity index (χ1v) is 7.95. The Balaban J connectivity index is 1.67. The largest absolute Gasteiger partial charge is 0.355 e. The number of rotatable bonds is 5. The minimum Gasteiger partial charge on any atom is -0.355 e. The highest BCUT2D eigenvalue weighted by Gasteiger charge is 2.28. The van der Waals surface area contributed by atoms with Crippen molar-refractivity contribution in [2.45, 2.75) is 38.6 Å². The predicted octanol–water partition coefficient (Wildman–Crippen LogP) is 1.40. The van der Waals surface area contributed by atoms with Crippen molar-refractivity contribution < 1.29 is 0 Å². The van der Waals surface area contributed by atoms with Gasteiger partial charge in [-0.05, 0) is 45.1 Å². The van der Waals surface area contributed by atoms with Gasteiger partial charge in [0.25, 0.3) is 5.78 Å². The molecule has 0 radical (unpaired) electrons. The molecule has 1 atom stereocenters. The van der Waals surface area contributed by atoms with Crippen LogP contribution in [-0.4, -0.2) is 45.3 Å². The first kappa shape index (κ1) is 13.0. The number of nitrogens with zero attached hydrogens (tertiary/aromatic N) is 5. The molecule has 21 heavy (non-hydrogen) atoms. The molecule has 2 aromatic rings. The van der Waals surface area contributed by atoms with Gasteiger partial charge in [-0.1, -0.05) is 0 Å². The standard InChI is InChI=1S/C15H22N6/c1-11-7-14(21-15(19-11)17-10-18-21)20(8-12-4-5-12)9-13-3-2-6-16-13/h7,10,12-13,16H,2-6,8-9H2,1H3. The zero-order valence-corrected chi connectivity index (χ0v) is 12.5. The molecule has 0 spiro atoms. The van der Waals surface area contributed by atoms with E-state index in [1.54, 1.807) is 6.33 Å². The van der Waals surface area contributed by atoms with Crippen molar-refractivity contribution in [3.05, 3.63) is 18.1 Å². The second kappa shape index (κ2) is 5.26. The monoisotopic (exact) mass is 286 g/mol. The molecular formula is C15H22N6. The maximum absolute atomic E-state index is 4.45. The number of aryl methyl sites for hydroxylation is 1. The van der Waals surface area contributed by atoms with Crippen LogP contribution in [-0.2, 0) is 0 Å². The van der Waals surface area contributed by atoms with E-state index >= 15 is 0 Å². The molecule has 6 nitrogen and oxygen atoms in total. The molecule has 3 heterocycles. The van der Waals surface area contributed by atoms with Crippen LogP contribution in [0.3, 0.4) is 0 Å². The number of hydrogen-bond donors (Lipinski definition) is 1. The van der Waals surface area contributed by atoms with Crippen molar-refractivity contribution >= 4 is 11.6 Å². The van der Waals surface area contributed by atoms with Crippen molar-refractivity contribution in [3.63, 3.8) is 0 Å². The van der Waals surface area contributed by atoms with Gasteiger partial charge in [0.1, 0.15) is 12.1 Å². The minimum absolute atomic E-state index is 0.593. The van der Waals surface area contributed by atoms with E-state index in [4.69, 9.17) is 0 Å². The predicted molar refractivity (Wildman–Crippen MR) is 81.5 cm³/mol. The van der Waals surface area contributed by atoms with Crippen molar-refractivity contribution in [2.24, 2.45) is 5.92 Å². The van der Waals surface area contributed by atoms with E-state index in [1.807, 2.05) is 11.4 Å². The molecule has 1 unspecified atom stereocenters. The molecule has 1 saturated heterocycles. The third-order valence-corrected chi connectivity index (χ3v) is 4.46. The lowest BCUT2D eigenvalue weighted by Gasteiger charge is -2.28. The molecule has 1 N–H and O–H groups in total. The van der Waals surface area contributed by atoms with Crippen LogP contribution < -0.4 is 10.2 Å². The number of aromatic nitrogens is 4.